The summed E-state index contributed by atoms with van der Waals surface area (Å²) >= 11 is 6.44. The van der Waals surface area contributed by atoms with Crippen LogP contribution in [0.15, 0.2) is 90.1 Å². The Kier molecular flexibility index (Phi) is 6.73. The van der Waals surface area contributed by atoms with Crippen LogP contribution in [0.25, 0.3) is 11.4 Å². The average Bonchev–Trinajstić information content (AvgIpc) is 3.31. The van der Waals surface area contributed by atoms with Gasteiger partial charge >= 0.3 is 5.97 Å². The number of ether oxygens (including phenoxy) is 2. The number of nitrogens with zero attached hydrogens (tertiary/aromatic N) is 3. The summed E-state index contributed by atoms with van der Waals surface area (Å²) in [6.07, 6.45) is 0. The molecule has 0 amide bonds. The van der Waals surface area contributed by atoms with Crippen molar-refractivity contribution in [1.82, 2.24) is 14.8 Å². The largest absolute Gasteiger partial charge is 0.494 e. The molecular formula is C28H25ClN4O3. The normalized spacial score (nSPS) is 14.7. The first-order chi connectivity index (χ1) is 17.6. The number of hydrogen-bond acceptors (Lipinski definition) is 6. The SMILES string of the molecule is CCOc1ccccc1[C@@H]1C(C(=O)OCc2ccccc2)=C(C)Nc2nc(-c3ccccc3Cl)nn21. The number of nitrogens with one attached hydrogen (secondary N) is 1. The summed E-state index contributed by atoms with van der Waals surface area (Å²) in [5.74, 6) is 1.17. The number of esters is 1. The van der Waals surface area contributed by atoms with Crippen molar-refractivity contribution in [3.63, 3.8) is 0 Å². The van der Waals surface area contributed by atoms with Crippen molar-refractivity contribution in [1.29, 1.82) is 0 Å². The van der Waals surface area contributed by atoms with Crippen LogP contribution < -0.4 is 10.1 Å². The molecule has 0 saturated carbocycles. The van der Waals surface area contributed by atoms with E-state index in [1.807, 2.05) is 86.6 Å². The highest BCUT2D eigenvalue weighted by molar-refractivity contribution is 6.33. The molecule has 1 aliphatic heterocycles. The first-order valence-electron chi connectivity index (χ1n) is 11.7. The van der Waals surface area contributed by atoms with Crippen LogP contribution in [-0.2, 0) is 16.1 Å². The van der Waals surface area contributed by atoms with Crippen LogP contribution in [0.3, 0.4) is 0 Å². The van der Waals surface area contributed by atoms with Gasteiger partial charge in [0.1, 0.15) is 18.4 Å². The first kappa shape index (κ1) is 23.6. The number of anilines is 1. The van der Waals surface area contributed by atoms with Crippen molar-refractivity contribution in [2.24, 2.45) is 0 Å². The highest BCUT2D eigenvalue weighted by Gasteiger charge is 2.37. The number of fused-ring (bicyclic) bond motifs is 1. The van der Waals surface area contributed by atoms with Crippen LogP contribution in [0.4, 0.5) is 5.95 Å². The molecule has 1 aromatic heterocycles. The number of hydrogen-bond donors (Lipinski definition) is 1. The highest BCUT2D eigenvalue weighted by Crippen LogP contribution is 2.40. The van der Waals surface area contributed by atoms with Crippen molar-refractivity contribution < 1.29 is 14.3 Å². The van der Waals surface area contributed by atoms with Crippen LogP contribution in [-0.4, -0.2) is 27.3 Å². The van der Waals surface area contributed by atoms with Gasteiger partial charge in [0.2, 0.25) is 5.95 Å². The second-order valence-corrected chi connectivity index (χ2v) is 8.69. The van der Waals surface area contributed by atoms with Gasteiger partial charge in [0.15, 0.2) is 5.82 Å². The average molecular weight is 501 g/mol. The molecule has 182 valence electrons. The van der Waals surface area contributed by atoms with E-state index in [-0.39, 0.29) is 6.61 Å². The third-order valence-corrected chi connectivity index (χ3v) is 6.24. The van der Waals surface area contributed by atoms with Crippen LogP contribution >= 0.6 is 11.6 Å². The molecule has 0 bridgehead atoms. The zero-order chi connectivity index (χ0) is 25.1. The van der Waals surface area contributed by atoms with Gasteiger partial charge in [-0.15, -0.1) is 5.10 Å². The van der Waals surface area contributed by atoms with Crippen molar-refractivity contribution in [3.05, 3.63) is 106 Å². The van der Waals surface area contributed by atoms with E-state index in [1.54, 1.807) is 10.7 Å². The van der Waals surface area contributed by atoms with E-state index in [9.17, 15) is 4.79 Å². The third kappa shape index (κ3) is 4.57. The number of carbonyl (C=O) groups excluding carboxylic acids is 1. The Labute approximate surface area is 214 Å². The first-order valence-corrected chi connectivity index (χ1v) is 12.1. The summed E-state index contributed by atoms with van der Waals surface area (Å²) in [5.41, 5.74) is 3.45. The second kappa shape index (κ2) is 10.3. The molecule has 0 saturated heterocycles. The van der Waals surface area contributed by atoms with Crippen molar-refractivity contribution in [2.75, 3.05) is 11.9 Å². The Morgan fingerprint density at radius 2 is 1.75 bits per heavy atom. The van der Waals surface area contributed by atoms with Crippen LogP contribution in [0, 0.1) is 0 Å². The van der Waals surface area contributed by atoms with E-state index in [4.69, 9.17) is 31.2 Å². The minimum absolute atomic E-state index is 0.158. The molecule has 0 radical (unpaired) electrons. The zero-order valence-electron chi connectivity index (χ0n) is 19.9. The summed E-state index contributed by atoms with van der Waals surface area (Å²) in [5, 5.41) is 8.56. The number of halogens is 1. The van der Waals surface area contributed by atoms with Gasteiger partial charge < -0.3 is 14.8 Å². The molecule has 0 spiro atoms. The fourth-order valence-electron chi connectivity index (χ4n) is 4.25. The molecule has 1 N–H and O–H groups in total. The highest BCUT2D eigenvalue weighted by atomic mass is 35.5. The van der Waals surface area contributed by atoms with Crippen molar-refractivity contribution in [3.8, 4) is 17.1 Å². The molecule has 4 aromatic rings. The molecule has 0 aliphatic carbocycles. The number of carbonyl (C=O) groups is 1. The smallest absolute Gasteiger partial charge is 0.338 e. The minimum atomic E-state index is -0.615. The Morgan fingerprint density at radius 1 is 1.03 bits per heavy atom. The summed E-state index contributed by atoms with van der Waals surface area (Å²) in [6, 6.07) is 24.0. The van der Waals surface area contributed by atoms with E-state index in [2.05, 4.69) is 5.32 Å². The summed E-state index contributed by atoms with van der Waals surface area (Å²) < 4.78 is 13.4. The van der Waals surface area contributed by atoms with Crippen LogP contribution in [0.2, 0.25) is 5.02 Å². The lowest BCUT2D eigenvalue weighted by molar-refractivity contribution is -0.140. The molecule has 1 aliphatic rings. The molecule has 0 fully saturated rings. The van der Waals surface area contributed by atoms with Crippen molar-refractivity contribution in [2.45, 2.75) is 26.5 Å². The fourth-order valence-corrected chi connectivity index (χ4v) is 4.47. The van der Waals surface area contributed by atoms with Gasteiger partial charge in [0.25, 0.3) is 0 Å². The van der Waals surface area contributed by atoms with Gasteiger partial charge in [-0.3, -0.25) is 0 Å². The Balaban J connectivity index is 1.59. The Bertz CT molecular complexity index is 1430. The predicted octanol–water partition coefficient (Wildman–Crippen LogP) is 6.03. The van der Waals surface area contributed by atoms with Gasteiger partial charge in [0, 0.05) is 16.8 Å². The van der Waals surface area contributed by atoms with Crippen LogP contribution in [0.5, 0.6) is 5.75 Å². The molecule has 36 heavy (non-hydrogen) atoms. The van der Waals surface area contributed by atoms with Crippen LogP contribution in [0.1, 0.15) is 31.0 Å². The topological polar surface area (TPSA) is 78.3 Å². The van der Waals surface area contributed by atoms with Gasteiger partial charge in [-0.25, -0.2) is 9.48 Å². The zero-order valence-corrected chi connectivity index (χ0v) is 20.7. The molecule has 0 unspecified atom stereocenters. The molecule has 7 nitrogen and oxygen atoms in total. The maximum Gasteiger partial charge on any atom is 0.338 e. The maximum absolute atomic E-state index is 13.5. The maximum atomic E-state index is 13.5. The van der Waals surface area contributed by atoms with Gasteiger partial charge in [-0.05, 0) is 37.6 Å². The molecule has 2 heterocycles. The van der Waals surface area contributed by atoms with Gasteiger partial charge in [0.05, 0.1) is 17.2 Å². The Morgan fingerprint density at radius 3 is 2.53 bits per heavy atom. The van der Waals surface area contributed by atoms with Crippen molar-refractivity contribution >= 4 is 23.5 Å². The molecule has 1 atom stereocenters. The lowest BCUT2D eigenvalue weighted by Crippen LogP contribution is -2.30. The number of benzene rings is 3. The van der Waals surface area contributed by atoms with E-state index < -0.39 is 12.0 Å². The molecular weight excluding hydrogens is 476 g/mol. The van der Waals surface area contributed by atoms with Gasteiger partial charge in [-0.2, -0.15) is 4.98 Å². The Hall–Kier alpha value is -4.10. The fraction of sp³-hybridized carbons (Fsp3) is 0.179. The quantitative estimate of drug-likeness (QED) is 0.312. The summed E-state index contributed by atoms with van der Waals surface area (Å²) in [4.78, 5) is 18.2. The summed E-state index contributed by atoms with van der Waals surface area (Å²) in [7, 11) is 0. The van der Waals surface area contributed by atoms with E-state index >= 15 is 0 Å². The standard InChI is InChI=1S/C28H25ClN4O3/c1-3-35-23-16-10-8-14-21(23)25-24(27(34)36-17-19-11-5-4-6-12-19)18(2)30-28-31-26(32-33(25)28)20-13-7-9-15-22(20)29/h4-16,25H,3,17H2,1-2H3,(H,30,31,32)/t25-/m1/s1. The number of para-hydroxylation sites is 1. The predicted molar refractivity (Wildman–Crippen MR) is 139 cm³/mol. The molecule has 8 heteroatoms. The second-order valence-electron chi connectivity index (χ2n) is 8.28. The number of allylic oxidation sites excluding steroid dienone is 1. The molecule has 3 aromatic carbocycles. The van der Waals surface area contributed by atoms with E-state index in [0.29, 0.717) is 46.0 Å². The minimum Gasteiger partial charge on any atom is -0.494 e. The van der Waals surface area contributed by atoms with E-state index in [1.165, 1.54) is 0 Å². The number of rotatable bonds is 7. The number of aromatic nitrogens is 3. The lowest BCUT2D eigenvalue weighted by Gasteiger charge is -2.29. The monoisotopic (exact) mass is 500 g/mol. The third-order valence-electron chi connectivity index (χ3n) is 5.91. The lowest BCUT2D eigenvalue weighted by atomic mass is 9.95. The van der Waals surface area contributed by atoms with E-state index in [0.717, 1.165) is 11.1 Å². The van der Waals surface area contributed by atoms with Gasteiger partial charge in [-0.1, -0.05) is 72.3 Å². The summed E-state index contributed by atoms with van der Waals surface area (Å²) in [6.45, 7) is 4.40. The molecule has 5 rings (SSSR count).